The third-order valence-corrected chi connectivity index (χ3v) is 3.86. The third-order valence-electron chi connectivity index (χ3n) is 3.86. The Balaban J connectivity index is 2.28. The lowest BCUT2D eigenvalue weighted by Crippen LogP contribution is -2.31. The van der Waals surface area contributed by atoms with Crippen LogP contribution in [-0.4, -0.2) is 22.1 Å². The van der Waals surface area contributed by atoms with Gasteiger partial charge in [0.2, 0.25) is 0 Å². The van der Waals surface area contributed by atoms with Crippen molar-refractivity contribution in [1.82, 2.24) is 4.98 Å². The first kappa shape index (κ1) is 12.9. The van der Waals surface area contributed by atoms with E-state index < -0.39 is 5.97 Å². The highest BCUT2D eigenvalue weighted by molar-refractivity contribution is 5.93. The second-order valence-corrected chi connectivity index (χ2v) is 5.75. The van der Waals surface area contributed by atoms with Gasteiger partial charge < -0.3 is 10.4 Å². The molecule has 0 amide bonds. The molecule has 98 valence electrons. The molecule has 1 saturated carbocycles. The van der Waals surface area contributed by atoms with Crippen molar-refractivity contribution < 1.29 is 9.90 Å². The smallest absolute Gasteiger partial charge is 0.339 e. The summed E-state index contributed by atoms with van der Waals surface area (Å²) in [6.07, 6.45) is 4.89. The normalized spacial score (nSPS) is 21.8. The van der Waals surface area contributed by atoms with E-state index in [9.17, 15) is 9.90 Å². The first-order valence-electron chi connectivity index (χ1n) is 6.36. The van der Waals surface area contributed by atoms with Crippen molar-refractivity contribution >= 4 is 11.7 Å². The molecule has 2 rings (SSSR count). The molecule has 4 nitrogen and oxygen atoms in total. The summed E-state index contributed by atoms with van der Waals surface area (Å²) in [5.74, 6) is -0.930. The van der Waals surface area contributed by atoms with Crippen molar-refractivity contribution in [2.75, 3.05) is 5.32 Å². The van der Waals surface area contributed by atoms with Crippen LogP contribution in [-0.2, 0) is 0 Å². The van der Waals surface area contributed by atoms with Gasteiger partial charge in [0.05, 0.1) is 5.69 Å². The molecule has 0 spiro atoms. The maximum absolute atomic E-state index is 11.2. The summed E-state index contributed by atoms with van der Waals surface area (Å²) in [5.41, 5.74) is 1.99. The molecule has 1 aromatic heterocycles. The predicted octanol–water partition coefficient (Wildman–Crippen LogP) is 3.08. The lowest BCUT2D eigenvalue weighted by Gasteiger charge is -2.29. The van der Waals surface area contributed by atoms with Gasteiger partial charge in [0.15, 0.2) is 0 Å². The van der Waals surface area contributed by atoms with Gasteiger partial charge in [0.25, 0.3) is 0 Å². The number of anilines is 1. The Hall–Kier alpha value is -1.58. The number of carbonyl (C=O) groups is 1. The highest BCUT2D eigenvalue weighted by atomic mass is 16.4. The molecule has 0 aliphatic heterocycles. The van der Waals surface area contributed by atoms with E-state index in [0.29, 0.717) is 11.7 Å². The fourth-order valence-corrected chi connectivity index (χ4v) is 2.63. The number of aromatic nitrogens is 1. The lowest BCUT2D eigenvalue weighted by atomic mass is 9.87. The Morgan fingerprint density at radius 3 is 2.83 bits per heavy atom. The molecule has 1 aliphatic rings. The van der Waals surface area contributed by atoms with Crippen molar-refractivity contribution in [3.8, 4) is 0 Å². The van der Waals surface area contributed by atoms with Crippen LogP contribution in [0.5, 0.6) is 0 Å². The van der Waals surface area contributed by atoms with Crippen LogP contribution in [0.1, 0.15) is 49.2 Å². The number of carboxylic acid groups (broad SMARTS) is 1. The molecule has 1 fully saturated rings. The van der Waals surface area contributed by atoms with Crippen LogP contribution < -0.4 is 5.32 Å². The number of aryl methyl sites for hydroxylation is 1. The first-order valence-corrected chi connectivity index (χ1v) is 6.36. The van der Waals surface area contributed by atoms with Crippen LogP contribution in [0.4, 0.5) is 5.69 Å². The van der Waals surface area contributed by atoms with Crippen LogP contribution in [0.2, 0.25) is 0 Å². The first-order chi connectivity index (χ1) is 8.40. The summed E-state index contributed by atoms with van der Waals surface area (Å²) in [5, 5.41) is 12.6. The third kappa shape index (κ3) is 2.47. The Kier molecular flexibility index (Phi) is 3.28. The number of carboxylic acids is 1. The zero-order chi connectivity index (χ0) is 13.3. The van der Waals surface area contributed by atoms with Crippen molar-refractivity contribution in [3.63, 3.8) is 0 Å². The van der Waals surface area contributed by atoms with Crippen molar-refractivity contribution in [1.29, 1.82) is 0 Å². The fourth-order valence-electron chi connectivity index (χ4n) is 2.63. The number of hydrogen-bond donors (Lipinski definition) is 2. The van der Waals surface area contributed by atoms with Gasteiger partial charge in [-0.1, -0.05) is 20.3 Å². The summed E-state index contributed by atoms with van der Waals surface area (Å²) < 4.78 is 0. The van der Waals surface area contributed by atoms with E-state index in [4.69, 9.17) is 0 Å². The Morgan fingerprint density at radius 1 is 1.56 bits per heavy atom. The van der Waals surface area contributed by atoms with E-state index in [1.165, 1.54) is 19.0 Å². The SMILES string of the molecule is Cc1cc(NC2CCCC2(C)C)c(C(=O)O)cn1. The molecule has 18 heavy (non-hydrogen) atoms. The zero-order valence-corrected chi connectivity index (χ0v) is 11.2. The van der Waals surface area contributed by atoms with Crippen molar-refractivity contribution in [3.05, 3.63) is 23.5 Å². The lowest BCUT2D eigenvalue weighted by molar-refractivity contribution is 0.0697. The summed E-state index contributed by atoms with van der Waals surface area (Å²) in [6.45, 7) is 6.33. The Labute approximate surface area is 107 Å². The van der Waals surface area contributed by atoms with E-state index in [-0.39, 0.29) is 11.0 Å². The van der Waals surface area contributed by atoms with Gasteiger partial charge >= 0.3 is 5.97 Å². The predicted molar refractivity (Wildman–Crippen MR) is 71.0 cm³/mol. The summed E-state index contributed by atoms with van der Waals surface area (Å²) >= 11 is 0. The second kappa shape index (κ2) is 4.59. The van der Waals surface area contributed by atoms with Crippen molar-refractivity contribution in [2.24, 2.45) is 5.41 Å². The number of pyridine rings is 1. The van der Waals surface area contributed by atoms with Gasteiger partial charge in [-0.15, -0.1) is 0 Å². The molecule has 0 bridgehead atoms. The largest absolute Gasteiger partial charge is 0.478 e. The summed E-state index contributed by atoms with van der Waals surface area (Å²) in [6, 6.07) is 2.15. The van der Waals surface area contributed by atoms with E-state index in [0.717, 1.165) is 12.1 Å². The molecule has 4 heteroatoms. The topological polar surface area (TPSA) is 62.2 Å². The fraction of sp³-hybridized carbons (Fsp3) is 0.571. The number of nitrogens with one attached hydrogen (secondary N) is 1. The van der Waals surface area contributed by atoms with Crippen molar-refractivity contribution in [2.45, 2.75) is 46.1 Å². The van der Waals surface area contributed by atoms with Crippen LogP contribution in [0.15, 0.2) is 12.3 Å². The van der Waals surface area contributed by atoms with Gasteiger partial charge in [-0.3, -0.25) is 4.98 Å². The maximum atomic E-state index is 11.2. The van der Waals surface area contributed by atoms with Gasteiger partial charge in [0.1, 0.15) is 5.56 Å². The minimum Gasteiger partial charge on any atom is -0.478 e. The molecule has 0 aromatic carbocycles. The molecule has 1 aromatic rings. The van der Waals surface area contributed by atoms with E-state index in [2.05, 4.69) is 24.1 Å². The molecule has 0 radical (unpaired) electrons. The Morgan fingerprint density at radius 2 is 2.28 bits per heavy atom. The molecular weight excluding hydrogens is 228 g/mol. The molecular formula is C14H20N2O2. The molecule has 1 heterocycles. The monoisotopic (exact) mass is 248 g/mol. The average molecular weight is 248 g/mol. The van der Waals surface area contributed by atoms with E-state index in [1.54, 1.807) is 0 Å². The number of hydrogen-bond acceptors (Lipinski definition) is 3. The highest BCUT2D eigenvalue weighted by Gasteiger charge is 2.34. The van der Waals surface area contributed by atoms with Crippen LogP contribution in [0, 0.1) is 12.3 Å². The molecule has 0 saturated heterocycles. The number of aromatic carboxylic acids is 1. The van der Waals surface area contributed by atoms with Gasteiger partial charge in [-0.05, 0) is 31.2 Å². The zero-order valence-electron chi connectivity index (χ0n) is 11.2. The minimum atomic E-state index is -0.930. The molecule has 1 atom stereocenters. The van der Waals surface area contributed by atoms with Crippen LogP contribution >= 0.6 is 0 Å². The number of rotatable bonds is 3. The molecule has 1 aliphatic carbocycles. The van der Waals surface area contributed by atoms with E-state index >= 15 is 0 Å². The number of nitrogens with zero attached hydrogens (tertiary/aromatic N) is 1. The van der Waals surface area contributed by atoms with Crippen LogP contribution in [0.25, 0.3) is 0 Å². The van der Waals surface area contributed by atoms with Gasteiger partial charge in [-0.2, -0.15) is 0 Å². The maximum Gasteiger partial charge on any atom is 0.339 e. The van der Waals surface area contributed by atoms with Crippen LogP contribution in [0.3, 0.4) is 0 Å². The van der Waals surface area contributed by atoms with Gasteiger partial charge in [0, 0.05) is 17.9 Å². The standard InChI is InChI=1S/C14H20N2O2/c1-9-7-11(10(8-15-9)13(17)18)16-12-5-4-6-14(12,2)3/h7-8,12H,4-6H2,1-3H3,(H,15,16)(H,17,18). The highest BCUT2D eigenvalue weighted by Crippen LogP contribution is 2.39. The summed E-state index contributed by atoms with van der Waals surface area (Å²) in [4.78, 5) is 15.2. The molecule has 1 unspecified atom stereocenters. The average Bonchev–Trinajstić information content (AvgIpc) is 2.58. The van der Waals surface area contributed by atoms with Gasteiger partial charge in [-0.25, -0.2) is 4.79 Å². The van der Waals surface area contributed by atoms with E-state index in [1.807, 2.05) is 13.0 Å². The quantitative estimate of drug-likeness (QED) is 0.863. The minimum absolute atomic E-state index is 0.215. The molecule has 2 N–H and O–H groups in total. The second-order valence-electron chi connectivity index (χ2n) is 5.75. The summed E-state index contributed by atoms with van der Waals surface area (Å²) in [7, 11) is 0. The Bertz CT molecular complexity index is 469.